The predicted molar refractivity (Wildman–Crippen MR) is 108 cm³/mol. The third-order valence-electron chi connectivity index (χ3n) is 6.00. The maximum atomic E-state index is 12.1. The number of hydrogen-bond acceptors (Lipinski definition) is 5. The molecule has 27 heavy (non-hydrogen) atoms. The van der Waals surface area contributed by atoms with E-state index in [9.17, 15) is 4.79 Å². The number of aryl methyl sites for hydroxylation is 1. The van der Waals surface area contributed by atoms with Crippen LogP contribution >= 0.6 is 12.4 Å². The van der Waals surface area contributed by atoms with Crippen LogP contribution in [-0.2, 0) is 17.8 Å². The topological polar surface area (TPSA) is 62.5 Å². The van der Waals surface area contributed by atoms with E-state index in [0.29, 0.717) is 12.0 Å². The van der Waals surface area contributed by atoms with Crippen molar-refractivity contribution >= 4 is 18.3 Å². The number of likely N-dealkylation sites (tertiary alicyclic amines) is 2. The molecule has 1 aromatic rings. The SMILES string of the molecule is CCCCc1noc(CN2CCC(C3CCCCCN3C(C)=O)CC2)n1.Cl. The van der Waals surface area contributed by atoms with Gasteiger partial charge in [-0.25, -0.2) is 0 Å². The lowest BCUT2D eigenvalue weighted by Gasteiger charge is -2.40. The van der Waals surface area contributed by atoms with Gasteiger partial charge < -0.3 is 9.42 Å². The van der Waals surface area contributed by atoms with Crippen molar-refractivity contribution in [1.29, 1.82) is 0 Å². The van der Waals surface area contributed by atoms with Gasteiger partial charge in [0.05, 0.1) is 6.54 Å². The average Bonchev–Trinajstić information content (AvgIpc) is 2.93. The summed E-state index contributed by atoms with van der Waals surface area (Å²) >= 11 is 0. The first-order valence-electron chi connectivity index (χ1n) is 10.5. The Hall–Kier alpha value is -1.14. The molecule has 0 aliphatic carbocycles. The number of hydrogen-bond donors (Lipinski definition) is 0. The fourth-order valence-corrected chi connectivity index (χ4v) is 4.49. The van der Waals surface area contributed by atoms with E-state index in [1.807, 2.05) is 0 Å². The molecule has 2 saturated heterocycles. The molecule has 2 aliphatic heterocycles. The zero-order valence-electron chi connectivity index (χ0n) is 16.9. The fraction of sp³-hybridized carbons (Fsp3) is 0.850. The van der Waals surface area contributed by atoms with Gasteiger partial charge >= 0.3 is 0 Å². The molecule has 1 amide bonds. The van der Waals surface area contributed by atoms with E-state index in [0.717, 1.165) is 76.4 Å². The van der Waals surface area contributed by atoms with Crippen LogP contribution in [0, 0.1) is 5.92 Å². The fourth-order valence-electron chi connectivity index (χ4n) is 4.49. The minimum Gasteiger partial charge on any atom is -0.340 e. The van der Waals surface area contributed by atoms with Gasteiger partial charge in [-0.3, -0.25) is 9.69 Å². The summed E-state index contributed by atoms with van der Waals surface area (Å²) in [6.45, 7) is 7.72. The van der Waals surface area contributed by atoms with Crippen LogP contribution in [0.1, 0.15) is 76.9 Å². The van der Waals surface area contributed by atoms with E-state index >= 15 is 0 Å². The molecule has 2 fully saturated rings. The highest BCUT2D eigenvalue weighted by molar-refractivity contribution is 5.85. The van der Waals surface area contributed by atoms with Crippen LogP contribution in [0.25, 0.3) is 0 Å². The van der Waals surface area contributed by atoms with E-state index in [4.69, 9.17) is 4.52 Å². The van der Waals surface area contributed by atoms with Gasteiger partial charge in [-0.05, 0) is 51.1 Å². The molecule has 1 atom stereocenters. The van der Waals surface area contributed by atoms with E-state index in [1.54, 1.807) is 6.92 Å². The molecule has 0 N–H and O–H groups in total. The maximum absolute atomic E-state index is 12.1. The van der Waals surface area contributed by atoms with Crippen LogP contribution in [0.3, 0.4) is 0 Å². The number of carbonyl (C=O) groups excluding carboxylic acids is 1. The number of nitrogens with zero attached hydrogens (tertiary/aromatic N) is 4. The molecule has 0 aromatic carbocycles. The summed E-state index contributed by atoms with van der Waals surface area (Å²) < 4.78 is 5.42. The van der Waals surface area contributed by atoms with Gasteiger partial charge in [0.15, 0.2) is 5.82 Å². The number of carbonyl (C=O) groups is 1. The lowest BCUT2D eigenvalue weighted by Crippen LogP contribution is -2.47. The number of halogens is 1. The number of amides is 1. The molecule has 7 heteroatoms. The van der Waals surface area contributed by atoms with Gasteiger partial charge in [0, 0.05) is 25.9 Å². The molecule has 2 aliphatic rings. The van der Waals surface area contributed by atoms with Crippen LogP contribution in [0.4, 0.5) is 0 Å². The molecule has 6 nitrogen and oxygen atoms in total. The Morgan fingerprint density at radius 2 is 1.93 bits per heavy atom. The van der Waals surface area contributed by atoms with Gasteiger partial charge in [0.2, 0.25) is 11.8 Å². The second-order valence-electron chi connectivity index (χ2n) is 7.95. The highest BCUT2D eigenvalue weighted by Crippen LogP contribution is 2.30. The summed E-state index contributed by atoms with van der Waals surface area (Å²) in [5, 5.41) is 4.09. The Morgan fingerprint density at radius 3 is 2.63 bits per heavy atom. The molecule has 3 rings (SSSR count). The molecule has 0 saturated carbocycles. The first-order chi connectivity index (χ1) is 12.7. The number of rotatable bonds is 6. The Labute approximate surface area is 169 Å². The van der Waals surface area contributed by atoms with Crippen molar-refractivity contribution in [3.8, 4) is 0 Å². The lowest BCUT2D eigenvalue weighted by molar-refractivity contribution is -0.132. The van der Waals surface area contributed by atoms with Crippen LogP contribution in [0.5, 0.6) is 0 Å². The summed E-state index contributed by atoms with van der Waals surface area (Å²) in [6, 6.07) is 0.446. The Morgan fingerprint density at radius 1 is 1.15 bits per heavy atom. The summed E-state index contributed by atoms with van der Waals surface area (Å²) in [5.74, 6) is 2.47. The first kappa shape index (κ1) is 22.2. The molecular formula is C20H35ClN4O2. The van der Waals surface area contributed by atoms with Crippen molar-refractivity contribution in [1.82, 2.24) is 19.9 Å². The third-order valence-corrected chi connectivity index (χ3v) is 6.00. The number of piperidine rings is 1. The molecule has 154 valence electrons. The van der Waals surface area contributed by atoms with Crippen LogP contribution in [0.15, 0.2) is 4.52 Å². The second-order valence-corrected chi connectivity index (χ2v) is 7.95. The van der Waals surface area contributed by atoms with Crippen molar-refractivity contribution in [2.24, 2.45) is 5.92 Å². The minimum absolute atomic E-state index is 0. The van der Waals surface area contributed by atoms with Crippen LogP contribution in [-0.4, -0.2) is 51.5 Å². The Bertz CT molecular complexity index is 572. The number of unbranched alkanes of at least 4 members (excludes halogenated alkanes) is 1. The summed E-state index contributed by atoms with van der Waals surface area (Å²) in [5.41, 5.74) is 0. The highest BCUT2D eigenvalue weighted by Gasteiger charge is 2.33. The van der Waals surface area contributed by atoms with E-state index in [1.165, 1.54) is 19.3 Å². The van der Waals surface area contributed by atoms with Crippen molar-refractivity contribution < 1.29 is 9.32 Å². The van der Waals surface area contributed by atoms with Gasteiger partial charge in [0.25, 0.3) is 0 Å². The van der Waals surface area contributed by atoms with Gasteiger partial charge in [-0.2, -0.15) is 4.98 Å². The number of aromatic nitrogens is 2. The lowest BCUT2D eigenvalue weighted by atomic mass is 9.86. The van der Waals surface area contributed by atoms with Crippen molar-refractivity contribution in [2.45, 2.75) is 84.2 Å². The zero-order chi connectivity index (χ0) is 18.4. The van der Waals surface area contributed by atoms with Crippen LogP contribution in [0.2, 0.25) is 0 Å². The molecule has 0 bridgehead atoms. The van der Waals surface area contributed by atoms with E-state index in [-0.39, 0.29) is 18.3 Å². The normalized spacial score (nSPS) is 22.3. The van der Waals surface area contributed by atoms with Crippen molar-refractivity contribution in [3.05, 3.63) is 11.7 Å². The third kappa shape index (κ3) is 6.18. The van der Waals surface area contributed by atoms with Crippen LogP contribution < -0.4 is 0 Å². The molecule has 3 heterocycles. The van der Waals surface area contributed by atoms with E-state index < -0.39 is 0 Å². The minimum atomic E-state index is 0. The zero-order valence-corrected chi connectivity index (χ0v) is 17.7. The van der Waals surface area contributed by atoms with Gasteiger partial charge in [-0.1, -0.05) is 31.3 Å². The maximum Gasteiger partial charge on any atom is 0.240 e. The molecule has 0 radical (unpaired) electrons. The van der Waals surface area contributed by atoms with Gasteiger partial charge in [-0.15, -0.1) is 12.4 Å². The van der Waals surface area contributed by atoms with Crippen molar-refractivity contribution in [2.75, 3.05) is 19.6 Å². The smallest absolute Gasteiger partial charge is 0.240 e. The van der Waals surface area contributed by atoms with E-state index in [2.05, 4.69) is 26.9 Å². The summed E-state index contributed by atoms with van der Waals surface area (Å²) in [7, 11) is 0. The quantitative estimate of drug-likeness (QED) is 0.728. The predicted octanol–water partition coefficient (Wildman–Crippen LogP) is 3.84. The van der Waals surface area contributed by atoms with Crippen molar-refractivity contribution in [3.63, 3.8) is 0 Å². The van der Waals surface area contributed by atoms with Gasteiger partial charge in [0.1, 0.15) is 0 Å². The summed E-state index contributed by atoms with van der Waals surface area (Å²) in [4.78, 5) is 21.2. The largest absolute Gasteiger partial charge is 0.340 e. The molecule has 1 aromatic heterocycles. The monoisotopic (exact) mass is 398 g/mol. The standard InChI is InChI=1S/C20H34N4O2.ClH/c1-3-4-9-19-21-20(26-22-19)15-23-13-10-17(11-14-23)18-8-6-5-7-12-24(18)16(2)25;/h17-18H,3-15H2,1-2H3;1H. The Balaban J connectivity index is 0.00000261. The molecule has 0 spiro atoms. The Kier molecular flexibility index (Phi) is 9.03. The summed E-state index contributed by atoms with van der Waals surface area (Å²) in [6.07, 6.45) is 10.3. The average molecular weight is 399 g/mol. The second kappa shape index (κ2) is 11.0. The highest BCUT2D eigenvalue weighted by atomic mass is 35.5. The molecular weight excluding hydrogens is 364 g/mol. The molecule has 1 unspecified atom stereocenters. The first-order valence-corrected chi connectivity index (χ1v) is 10.5.